The van der Waals surface area contributed by atoms with Crippen LogP contribution in [-0.2, 0) is 43.3 Å². The van der Waals surface area contributed by atoms with E-state index in [1.807, 2.05) is 0 Å². The Balaban J connectivity index is 1.12. The lowest BCUT2D eigenvalue weighted by atomic mass is 9.36. The van der Waals surface area contributed by atoms with E-state index in [2.05, 4.69) is 297 Å². The number of hydrogen-bond acceptors (Lipinski definition) is 5. The number of fused-ring (bicyclic) bond motifs is 12. The molecule has 15 rings (SSSR count). The summed E-state index contributed by atoms with van der Waals surface area (Å²) in [7, 11) is 0. The molecule has 0 bridgehead atoms. The molecule has 4 nitrogen and oxygen atoms in total. The van der Waals surface area contributed by atoms with Gasteiger partial charge in [-0.15, -0.1) is 11.3 Å². The molecule has 4 heterocycles. The summed E-state index contributed by atoms with van der Waals surface area (Å²) in [6.07, 6.45) is 6.95. The van der Waals surface area contributed by atoms with E-state index in [0.717, 1.165) is 58.3 Å². The summed E-state index contributed by atoms with van der Waals surface area (Å²) in [4.78, 5) is 8.08. The first-order valence-electron chi connectivity index (χ1n) is 33.4. The number of aryl methyl sites for hydroxylation is 1. The molecular formula is C83H92BN3OS. The van der Waals surface area contributed by atoms with E-state index >= 15 is 0 Å². The van der Waals surface area contributed by atoms with Gasteiger partial charge in [-0.25, -0.2) is 0 Å². The number of para-hydroxylation sites is 1. The molecule has 89 heavy (non-hydrogen) atoms. The van der Waals surface area contributed by atoms with Gasteiger partial charge in [0, 0.05) is 65.4 Å². The molecule has 0 saturated heterocycles. The summed E-state index contributed by atoms with van der Waals surface area (Å²) in [5.74, 6) is 0. The topological polar surface area (TPSA) is 22.9 Å². The first-order chi connectivity index (χ1) is 41.7. The fourth-order valence-corrected chi connectivity index (χ4v) is 18.1. The minimum Gasteiger partial charge on any atom is -0.456 e. The first kappa shape index (κ1) is 58.4. The molecule has 0 radical (unpaired) electrons. The minimum atomic E-state index is -0.0851. The average molecular weight is 1190 g/mol. The molecular weight excluding hydrogens is 1100 g/mol. The molecule has 0 unspecified atom stereocenters. The molecule has 2 aliphatic heterocycles. The Morgan fingerprint density at radius 3 is 1.58 bits per heavy atom. The highest BCUT2D eigenvalue weighted by Gasteiger charge is 2.49. The van der Waals surface area contributed by atoms with Gasteiger partial charge in [0.05, 0.1) is 11.4 Å². The van der Waals surface area contributed by atoms with Crippen molar-refractivity contribution in [1.82, 2.24) is 0 Å². The Morgan fingerprint density at radius 2 is 0.955 bits per heavy atom. The highest BCUT2D eigenvalue weighted by molar-refractivity contribution is 7.33. The van der Waals surface area contributed by atoms with Crippen molar-refractivity contribution in [3.05, 3.63) is 190 Å². The normalized spacial score (nSPS) is 18.9. The zero-order chi connectivity index (χ0) is 62.8. The number of furan rings is 1. The fourth-order valence-electron chi connectivity index (χ4n) is 16.7. The standard InChI is InChI=1S/C83H92BN3OS/c1-49-40-60-63(82(16,17)38-36-79(60,10)11)47-67(49)87-66-32-26-51(77(5,6)7)41-65(66)84-73-68(44-55(45-69(73)87)85(52-27-24-50(25-28-52)76(2,3)4)53-30-33-71-57(42-53)56-22-20-21-23-70(56)88-71)86(54-29-31-59-61(43-54)80(12,13)35-34-78(59,8)9)74-58-46-62-64(48-72(58)89-75(74)84)83(18,19)39-37-81(62,14)15/h20-33,40-48H,34-39H2,1-19H3. The van der Waals surface area contributed by atoms with Gasteiger partial charge in [0.1, 0.15) is 11.2 Å². The van der Waals surface area contributed by atoms with Crippen LogP contribution in [0.3, 0.4) is 0 Å². The van der Waals surface area contributed by atoms with Crippen molar-refractivity contribution in [2.75, 3.05) is 14.7 Å². The summed E-state index contributed by atoms with van der Waals surface area (Å²) in [6, 6.07) is 55.9. The number of nitrogens with zero attached hydrogens (tertiary/aromatic N) is 3. The molecule has 3 aliphatic carbocycles. The van der Waals surface area contributed by atoms with Crippen LogP contribution in [-0.4, -0.2) is 6.71 Å². The Hall–Kier alpha value is -7.02. The molecule has 5 aliphatic rings. The zero-order valence-corrected chi connectivity index (χ0v) is 57.6. The van der Waals surface area contributed by atoms with Crippen molar-refractivity contribution in [1.29, 1.82) is 0 Å². The number of rotatable bonds is 5. The molecule has 454 valence electrons. The highest BCUT2D eigenvalue weighted by Crippen LogP contribution is 2.57. The Kier molecular flexibility index (Phi) is 12.5. The van der Waals surface area contributed by atoms with Crippen LogP contribution < -0.4 is 30.4 Å². The molecule has 0 saturated carbocycles. The minimum absolute atomic E-state index is 0.00238. The van der Waals surface area contributed by atoms with Crippen LogP contribution in [0.15, 0.2) is 144 Å². The molecule has 10 aromatic rings. The van der Waals surface area contributed by atoms with Crippen LogP contribution in [0.5, 0.6) is 0 Å². The van der Waals surface area contributed by atoms with Crippen molar-refractivity contribution < 1.29 is 4.42 Å². The van der Waals surface area contributed by atoms with Gasteiger partial charge in [-0.2, -0.15) is 0 Å². The third kappa shape index (κ3) is 8.92. The van der Waals surface area contributed by atoms with Crippen molar-refractivity contribution >= 4 is 117 Å². The lowest BCUT2D eigenvalue weighted by molar-refractivity contribution is 0.332. The third-order valence-electron chi connectivity index (χ3n) is 22.9. The van der Waals surface area contributed by atoms with E-state index in [1.165, 1.54) is 129 Å². The fraction of sp³-hybridized carbons (Fsp3) is 0.398. The van der Waals surface area contributed by atoms with Gasteiger partial charge in [-0.3, -0.25) is 0 Å². The average Bonchev–Trinajstić information content (AvgIpc) is 1.68. The van der Waals surface area contributed by atoms with Gasteiger partial charge in [-0.05, 0) is 235 Å². The predicted octanol–water partition coefficient (Wildman–Crippen LogP) is 22.3. The highest BCUT2D eigenvalue weighted by atomic mass is 32.1. The van der Waals surface area contributed by atoms with Gasteiger partial charge in [0.2, 0.25) is 0 Å². The second-order valence-electron chi connectivity index (χ2n) is 33.9. The van der Waals surface area contributed by atoms with Crippen LogP contribution in [0, 0.1) is 6.92 Å². The molecule has 2 aromatic heterocycles. The molecule has 0 N–H and O–H groups in total. The van der Waals surface area contributed by atoms with Crippen molar-refractivity contribution in [2.45, 2.75) is 213 Å². The quantitative estimate of drug-likeness (QED) is 0.160. The lowest BCUT2D eigenvalue weighted by Crippen LogP contribution is -2.60. The smallest absolute Gasteiger partial charge is 0.264 e. The van der Waals surface area contributed by atoms with Gasteiger partial charge in [0.25, 0.3) is 6.71 Å². The maximum absolute atomic E-state index is 6.60. The van der Waals surface area contributed by atoms with E-state index in [9.17, 15) is 0 Å². The monoisotopic (exact) mass is 1190 g/mol. The van der Waals surface area contributed by atoms with Crippen molar-refractivity contribution in [3.63, 3.8) is 0 Å². The summed E-state index contributed by atoms with van der Waals surface area (Å²) in [5.41, 5.74) is 28.4. The number of anilines is 9. The zero-order valence-electron chi connectivity index (χ0n) is 56.8. The van der Waals surface area contributed by atoms with Crippen LogP contribution in [0.25, 0.3) is 32.0 Å². The summed E-state index contributed by atoms with van der Waals surface area (Å²) in [6.45, 7) is 46.3. The van der Waals surface area contributed by atoms with E-state index in [1.54, 1.807) is 0 Å². The maximum Gasteiger partial charge on any atom is 0.264 e. The Labute approximate surface area is 535 Å². The molecule has 0 fully saturated rings. The van der Waals surface area contributed by atoms with Crippen LogP contribution >= 0.6 is 11.3 Å². The van der Waals surface area contributed by atoms with Gasteiger partial charge in [-0.1, -0.05) is 179 Å². The van der Waals surface area contributed by atoms with Crippen LogP contribution in [0.1, 0.15) is 213 Å². The second kappa shape index (κ2) is 19.0. The molecule has 6 heteroatoms. The lowest BCUT2D eigenvalue weighted by Gasteiger charge is -2.47. The molecule has 0 spiro atoms. The van der Waals surface area contributed by atoms with Gasteiger partial charge in [0.15, 0.2) is 0 Å². The van der Waals surface area contributed by atoms with Gasteiger partial charge >= 0.3 is 0 Å². The summed E-state index contributed by atoms with van der Waals surface area (Å²) < 4.78 is 9.42. The Morgan fingerprint density at radius 1 is 0.427 bits per heavy atom. The Bertz CT molecular complexity index is 4620. The predicted molar refractivity (Wildman–Crippen MR) is 386 cm³/mol. The first-order valence-corrected chi connectivity index (χ1v) is 34.2. The number of benzene rings is 8. The third-order valence-corrected chi connectivity index (χ3v) is 24.1. The molecule has 8 aromatic carbocycles. The van der Waals surface area contributed by atoms with Crippen LogP contribution in [0.4, 0.5) is 51.2 Å². The second-order valence-corrected chi connectivity index (χ2v) is 34.9. The van der Waals surface area contributed by atoms with E-state index < -0.39 is 0 Å². The number of thiophene rings is 1. The molecule has 0 amide bonds. The number of hydrogen-bond donors (Lipinski definition) is 0. The summed E-state index contributed by atoms with van der Waals surface area (Å²) >= 11 is 2.07. The van der Waals surface area contributed by atoms with E-state index in [-0.39, 0.29) is 50.0 Å². The van der Waals surface area contributed by atoms with Gasteiger partial charge < -0.3 is 19.1 Å². The molecule has 0 atom stereocenters. The maximum atomic E-state index is 6.60. The van der Waals surface area contributed by atoms with Crippen molar-refractivity contribution in [2.24, 2.45) is 0 Å². The van der Waals surface area contributed by atoms with E-state index in [0.29, 0.717) is 0 Å². The van der Waals surface area contributed by atoms with Crippen molar-refractivity contribution in [3.8, 4) is 0 Å². The SMILES string of the molecule is Cc1cc2c(cc1N1c3ccc(C(C)(C)C)cc3B3c4sc5cc6c(cc5c4N(c4ccc5c(c4)C(C)(C)CCC5(C)C)c4cc(N(c5ccc(C(C)(C)C)cc5)c5ccc7oc8ccccc8c7c5)cc1c43)C(C)(C)CCC6(C)C)C(C)(C)CCC2(C)C. The summed E-state index contributed by atoms with van der Waals surface area (Å²) in [5, 5.41) is 3.60. The largest absolute Gasteiger partial charge is 0.456 e. The van der Waals surface area contributed by atoms with E-state index in [4.69, 9.17) is 4.42 Å². The van der Waals surface area contributed by atoms with Crippen LogP contribution in [0.2, 0.25) is 0 Å².